The van der Waals surface area contributed by atoms with E-state index < -0.39 is 0 Å². The number of benzene rings is 2. The lowest BCUT2D eigenvalue weighted by molar-refractivity contribution is -0.120. The van der Waals surface area contributed by atoms with Gasteiger partial charge in [0, 0.05) is 7.05 Å². The van der Waals surface area contributed by atoms with Gasteiger partial charge < -0.3 is 0 Å². The Morgan fingerprint density at radius 3 is 2.42 bits per heavy atom. The number of hydrogen-bond donors (Lipinski definition) is 1. The molecule has 0 saturated heterocycles. The molecular formula is C15H15FN2O. The van der Waals surface area contributed by atoms with E-state index in [1.807, 2.05) is 30.3 Å². The Balaban J connectivity index is 1.97. The molecule has 0 fully saturated rings. The minimum Gasteiger partial charge on any atom is -0.289 e. The van der Waals surface area contributed by atoms with Gasteiger partial charge >= 0.3 is 0 Å². The largest absolute Gasteiger partial charge is 0.289 e. The lowest BCUT2D eigenvalue weighted by atomic mass is 10.1. The van der Waals surface area contributed by atoms with Crippen molar-refractivity contribution in [2.24, 2.45) is 0 Å². The molecule has 0 atom stereocenters. The van der Waals surface area contributed by atoms with Crippen LogP contribution >= 0.6 is 0 Å². The van der Waals surface area contributed by atoms with E-state index in [0.29, 0.717) is 5.56 Å². The zero-order valence-corrected chi connectivity index (χ0v) is 10.6. The number of carbonyl (C=O) groups excluding carboxylic acids is 1. The van der Waals surface area contributed by atoms with E-state index in [1.165, 1.54) is 6.07 Å². The van der Waals surface area contributed by atoms with Crippen LogP contribution in [0.15, 0.2) is 54.6 Å². The lowest BCUT2D eigenvalue weighted by Gasteiger charge is -2.20. The Morgan fingerprint density at radius 2 is 1.74 bits per heavy atom. The molecule has 1 N–H and O–H groups in total. The second-order valence-corrected chi connectivity index (χ2v) is 4.20. The van der Waals surface area contributed by atoms with Crippen molar-refractivity contribution in [3.63, 3.8) is 0 Å². The van der Waals surface area contributed by atoms with Crippen LogP contribution in [0, 0.1) is 5.82 Å². The van der Waals surface area contributed by atoms with Gasteiger partial charge in [-0.25, -0.2) is 4.39 Å². The fourth-order valence-corrected chi connectivity index (χ4v) is 1.76. The first kappa shape index (κ1) is 13.1. The number of hydrogen-bond acceptors (Lipinski definition) is 2. The van der Waals surface area contributed by atoms with Gasteiger partial charge in [-0.15, -0.1) is 0 Å². The summed E-state index contributed by atoms with van der Waals surface area (Å²) in [6.45, 7) is 0. The van der Waals surface area contributed by atoms with E-state index in [4.69, 9.17) is 0 Å². The first-order chi connectivity index (χ1) is 9.16. The van der Waals surface area contributed by atoms with Crippen molar-refractivity contribution < 1.29 is 9.18 Å². The minimum atomic E-state index is -0.361. The van der Waals surface area contributed by atoms with Gasteiger partial charge in [-0.1, -0.05) is 36.4 Å². The number of halogens is 1. The fourth-order valence-electron chi connectivity index (χ4n) is 1.76. The topological polar surface area (TPSA) is 32.3 Å². The van der Waals surface area contributed by atoms with Crippen molar-refractivity contribution in [1.29, 1.82) is 0 Å². The third-order valence-electron chi connectivity index (χ3n) is 2.74. The third-order valence-corrected chi connectivity index (χ3v) is 2.74. The maximum absolute atomic E-state index is 13.4. The molecule has 2 aromatic rings. The van der Waals surface area contributed by atoms with Crippen LogP contribution < -0.4 is 10.4 Å². The summed E-state index contributed by atoms with van der Waals surface area (Å²) in [6.07, 6.45) is 0.0177. The molecule has 0 aliphatic heterocycles. The maximum Gasteiger partial charge on any atom is 0.243 e. The van der Waals surface area contributed by atoms with Gasteiger partial charge in [-0.2, -0.15) is 0 Å². The number of anilines is 1. The summed E-state index contributed by atoms with van der Waals surface area (Å²) in [5, 5.41) is 1.61. The van der Waals surface area contributed by atoms with E-state index in [-0.39, 0.29) is 18.1 Å². The van der Waals surface area contributed by atoms with Crippen molar-refractivity contribution in [3.05, 3.63) is 66.0 Å². The zero-order valence-electron chi connectivity index (χ0n) is 10.6. The molecule has 0 aliphatic carbocycles. The molecule has 19 heavy (non-hydrogen) atoms. The Bertz CT molecular complexity index is 557. The van der Waals surface area contributed by atoms with Gasteiger partial charge in [0.2, 0.25) is 5.91 Å². The van der Waals surface area contributed by atoms with Crippen LogP contribution in [0.25, 0.3) is 0 Å². The van der Waals surface area contributed by atoms with Crippen molar-refractivity contribution in [2.75, 3.05) is 12.1 Å². The molecule has 1 amide bonds. The maximum atomic E-state index is 13.4. The van der Waals surface area contributed by atoms with Gasteiger partial charge in [0.1, 0.15) is 5.82 Å². The second-order valence-electron chi connectivity index (χ2n) is 4.20. The molecule has 98 valence electrons. The predicted octanol–water partition coefficient (Wildman–Crippen LogP) is 2.54. The summed E-state index contributed by atoms with van der Waals surface area (Å²) in [5.74, 6) is -0.614. The number of para-hydroxylation sites is 1. The van der Waals surface area contributed by atoms with Gasteiger partial charge in [-0.3, -0.25) is 15.2 Å². The molecule has 0 bridgehead atoms. The van der Waals surface area contributed by atoms with E-state index >= 15 is 0 Å². The van der Waals surface area contributed by atoms with Gasteiger partial charge in [0.15, 0.2) is 0 Å². The minimum absolute atomic E-state index is 0.0177. The molecular weight excluding hydrogens is 243 g/mol. The van der Waals surface area contributed by atoms with Gasteiger partial charge in [-0.05, 0) is 23.8 Å². The highest BCUT2D eigenvalue weighted by molar-refractivity contribution is 5.80. The SMILES string of the molecule is CN(NC(=O)Cc1ccccc1F)c1ccccc1. The summed E-state index contributed by atoms with van der Waals surface area (Å²) >= 11 is 0. The van der Waals surface area contributed by atoms with Gasteiger partial charge in [0.25, 0.3) is 0 Å². The number of carbonyl (C=O) groups is 1. The molecule has 0 aromatic heterocycles. The van der Waals surface area contributed by atoms with Crippen molar-refractivity contribution in [2.45, 2.75) is 6.42 Å². The first-order valence-corrected chi connectivity index (χ1v) is 5.98. The molecule has 4 heteroatoms. The quantitative estimate of drug-likeness (QED) is 0.855. The van der Waals surface area contributed by atoms with E-state index in [0.717, 1.165) is 5.69 Å². The highest BCUT2D eigenvalue weighted by atomic mass is 19.1. The Kier molecular flexibility index (Phi) is 4.13. The summed E-state index contributed by atoms with van der Waals surface area (Å²) in [7, 11) is 1.74. The summed E-state index contributed by atoms with van der Waals surface area (Å²) < 4.78 is 13.4. The molecule has 0 heterocycles. The standard InChI is InChI=1S/C15H15FN2O/c1-18(13-8-3-2-4-9-13)17-15(19)11-12-7-5-6-10-14(12)16/h2-10H,11H2,1H3,(H,17,19). The number of amides is 1. The second kappa shape index (κ2) is 6.00. The number of hydrazine groups is 1. The first-order valence-electron chi connectivity index (χ1n) is 5.98. The summed E-state index contributed by atoms with van der Waals surface area (Å²) in [5.41, 5.74) is 3.96. The zero-order chi connectivity index (χ0) is 13.7. The molecule has 0 radical (unpaired) electrons. The van der Waals surface area contributed by atoms with Gasteiger partial charge in [0.05, 0.1) is 12.1 Å². The van der Waals surface area contributed by atoms with Crippen molar-refractivity contribution in [3.8, 4) is 0 Å². The van der Waals surface area contributed by atoms with Crippen molar-refractivity contribution in [1.82, 2.24) is 5.43 Å². The molecule has 0 saturated carbocycles. The van der Waals surface area contributed by atoms with Crippen LogP contribution in [-0.4, -0.2) is 13.0 Å². The summed E-state index contributed by atoms with van der Waals surface area (Å²) in [4.78, 5) is 11.8. The molecule has 0 unspecified atom stereocenters. The van der Waals surface area contributed by atoms with E-state index in [9.17, 15) is 9.18 Å². The third kappa shape index (κ3) is 3.55. The number of nitrogens with zero attached hydrogens (tertiary/aromatic N) is 1. The predicted molar refractivity (Wildman–Crippen MR) is 73.1 cm³/mol. The van der Waals surface area contributed by atoms with Crippen molar-refractivity contribution >= 4 is 11.6 Å². The lowest BCUT2D eigenvalue weighted by Crippen LogP contribution is -2.40. The Morgan fingerprint density at radius 1 is 1.11 bits per heavy atom. The van der Waals surface area contributed by atoms with E-state index in [1.54, 1.807) is 30.3 Å². The highest BCUT2D eigenvalue weighted by Crippen LogP contribution is 2.10. The monoisotopic (exact) mass is 258 g/mol. The van der Waals surface area contributed by atoms with Crippen LogP contribution in [0.5, 0.6) is 0 Å². The Labute approximate surface area is 111 Å². The van der Waals surface area contributed by atoms with E-state index in [2.05, 4.69) is 5.43 Å². The molecule has 0 spiro atoms. The molecule has 2 rings (SSSR count). The van der Waals surface area contributed by atoms with Crippen LogP contribution in [0.1, 0.15) is 5.56 Å². The smallest absolute Gasteiger partial charge is 0.243 e. The van der Waals surface area contributed by atoms with Crippen LogP contribution in [-0.2, 0) is 11.2 Å². The summed E-state index contributed by atoms with van der Waals surface area (Å²) in [6, 6.07) is 15.7. The van der Waals surface area contributed by atoms with Crippen LogP contribution in [0.4, 0.5) is 10.1 Å². The molecule has 0 aliphatic rings. The number of nitrogens with one attached hydrogen (secondary N) is 1. The van der Waals surface area contributed by atoms with Crippen LogP contribution in [0.3, 0.4) is 0 Å². The molecule has 3 nitrogen and oxygen atoms in total. The molecule has 2 aromatic carbocycles. The normalized spacial score (nSPS) is 10.0. The average Bonchev–Trinajstić information content (AvgIpc) is 2.42. The average molecular weight is 258 g/mol. The number of rotatable bonds is 4. The Hall–Kier alpha value is -2.36. The van der Waals surface area contributed by atoms with Crippen LogP contribution in [0.2, 0.25) is 0 Å². The fraction of sp³-hybridized carbons (Fsp3) is 0.133. The highest BCUT2D eigenvalue weighted by Gasteiger charge is 2.09.